The molecule has 4 rings (SSSR count). The number of fused-ring (bicyclic) bond motifs is 1. The van der Waals surface area contributed by atoms with Crippen molar-refractivity contribution >= 4 is 22.5 Å². The molecule has 5 nitrogen and oxygen atoms in total. The Bertz CT molecular complexity index is 1280. The molecule has 3 aromatic rings. The number of hydrogen-bond donors (Lipinski definition) is 2. The smallest absolute Gasteiger partial charge is 0.160 e. The van der Waals surface area contributed by atoms with Crippen LogP contribution in [0.25, 0.3) is 10.9 Å². The summed E-state index contributed by atoms with van der Waals surface area (Å²) in [6.45, 7) is 2.04. The molecule has 0 spiro atoms. The first-order valence-corrected chi connectivity index (χ1v) is 12.3. The molecule has 0 amide bonds. The predicted octanol–water partition coefficient (Wildman–Crippen LogP) is 5.11. The normalized spacial score (nSPS) is 16.4. The van der Waals surface area contributed by atoms with Gasteiger partial charge in [-0.25, -0.2) is 8.78 Å². The Kier molecular flexibility index (Phi) is 8.43. The third-order valence-electron chi connectivity index (χ3n) is 7.06. The van der Waals surface area contributed by atoms with Crippen LogP contribution in [-0.2, 0) is 0 Å². The number of methoxy groups -OCH3 is 1. The van der Waals surface area contributed by atoms with Crippen molar-refractivity contribution in [1.82, 2.24) is 9.88 Å². The first-order chi connectivity index (χ1) is 17.3. The van der Waals surface area contributed by atoms with E-state index in [9.17, 15) is 19.0 Å². The number of rotatable bonds is 7. The minimum atomic E-state index is -0.908. The van der Waals surface area contributed by atoms with E-state index in [-0.39, 0.29) is 12.0 Å². The first kappa shape index (κ1) is 26.3. The standard InChI is InChI=1S/C28H29ClF2N2O3/c1-36-20-5-7-25-21(16-20)27(22(29)17-32-25)26(35)8-9-28(18-34)10-13-33(14-11-28)12-2-3-19-4-6-23(30)24(31)15-19/h4-7,15-17,26,34-35H,8-14,18H2,1H3/t26-/m1/s1. The molecule has 1 fully saturated rings. The van der Waals surface area contributed by atoms with Gasteiger partial charge in [-0.1, -0.05) is 23.4 Å². The molecule has 1 saturated heterocycles. The molecular weight excluding hydrogens is 486 g/mol. The van der Waals surface area contributed by atoms with Gasteiger partial charge in [-0.15, -0.1) is 0 Å². The van der Waals surface area contributed by atoms with Crippen LogP contribution in [0.5, 0.6) is 5.75 Å². The summed E-state index contributed by atoms with van der Waals surface area (Å²) >= 11 is 6.44. The molecule has 0 radical (unpaired) electrons. The van der Waals surface area contributed by atoms with E-state index in [0.29, 0.717) is 41.3 Å². The summed E-state index contributed by atoms with van der Waals surface area (Å²) in [7, 11) is 1.58. The minimum absolute atomic E-state index is 0.0345. The van der Waals surface area contributed by atoms with Crippen molar-refractivity contribution in [3.63, 3.8) is 0 Å². The third kappa shape index (κ3) is 5.96. The largest absolute Gasteiger partial charge is 0.497 e. The average molecular weight is 515 g/mol. The summed E-state index contributed by atoms with van der Waals surface area (Å²) in [5.74, 6) is 4.76. The number of aliphatic hydroxyl groups excluding tert-OH is 2. The molecule has 8 heteroatoms. The van der Waals surface area contributed by atoms with Gasteiger partial charge in [0.05, 0.1) is 30.3 Å². The number of hydrogen-bond acceptors (Lipinski definition) is 5. The Morgan fingerprint density at radius 2 is 1.94 bits per heavy atom. The van der Waals surface area contributed by atoms with Gasteiger partial charge in [0.25, 0.3) is 0 Å². The summed E-state index contributed by atoms with van der Waals surface area (Å²) in [6, 6.07) is 9.10. The van der Waals surface area contributed by atoms with Gasteiger partial charge in [0, 0.05) is 29.3 Å². The molecule has 2 heterocycles. The van der Waals surface area contributed by atoms with Crippen LogP contribution in [-0.4, -0.2) is 53.4 Å². The minimum Gasteiger partial charge on any atom is -0.497 e. The summed E-state index contributed by atoms with van der Waals surface area (Å²) in [5, 5.41) is 22.5. The highest BCUT2D eigenvalue weighted by Gasteiger charge is 2.34. The zero-order chi connectivity index (χ0) is 25.7. The van der Waals surface area contributed by atoms with Crippen molar-refractivity contribution in [2.24, 2.45) is 5.41 Å². The second-order valence-electron chi connectivity index (χ2n) is 9.32. The van der Waals surface area contributed by atoms with Gasteiger partial charge in [0.15, 0.2) is 11.6 Å². The van der Waals surface area contributed by atoms with Crippen molar-refractivity contribution in [2.45, 2.75) is 31.8 Å². The fourth-order valence-corrected chi connectivity index (χ4v) is 5.00. The molecule has 1 atom stereocenters. The SMILES string of the molecule is COc1ccc2ncc(Cl)c([C@H](O)CCC3(CO)CCN(CC#Cc4ccc(F)c(F)c4)CC3)c2c1. The summed E-state index contributed by atoms with van der Waals surface area (Å²) < 4.78 is 31.7. The van der Waals surface area contributed by atoms with Crippen molar-refractivity contribution in [2.75, 3.05) is 33.4 Å². The molecule has 36 heavy (non-hydrogen) atoms. The Hall–Kier alpha value is -2.76. The van der Waals surface area contributed by atoms with Crippen LogP contribution >= 0.6 is 11.6 Å². The molecule has 0 aliphatic carbocycles. The molecule has 1 aliphatic heterocycles. The van der Waals surface area contributed by atoms with E-state index in [1.807, 2.05) is 18.2 Å². The average Bonchev–Trinajstić information content (AvgIpc) is 2.89. The molecule has 2 N–H and O–H groups in total. The van der Waals surface area contributed by atoms with Crippen molar-refractivity contribution < 1.29 is 23.7 Å². The second kappa shape index (κ2) is 11.5. The fourth-order valence-electron chi connectivity index (χ4n) is 4.72. The Balaban J connectivity index is 1.37. The molecular formula is C28H29ClF2N2O3. The molecule has 2 aromatic carbocycles. The van der Waals surface area contributed by atoms with Crippen LogP contribution in [0.1, 0.15) is 42.9 Å². The lowest BCUT2D eigenvalue weighted by atomic mass is 9.74. The second-order valence-corrected chi connectivity index (χ2v) is 9.73. The number of benzene rings is 2. The lowest BCUT2D eigenvalue weighted by molar-refractivity contribution is 0.0273. The van der Waals surface area contributed by atoms with Crippen LogP contribution in [0.4, 0.5) is 8.78 Å². The van der Waals surface area contributed by atoms with Crippen LogP contribution in [0.15, 0.2) is 42.6 Å². The first-order valence-electron chi connectivity index (χ1n) is 11.9. The molecule has 190 valence electrons. The molecule has 0 bridgehead atoms. The number of nitrogens with zero attached hydrogens (tertiary/aromatic N) is 2. The molecule has 1 aromatic heterocycles. The topological polar surface area (TPSA) is 65.8 Å². The van der Waals surface area contributed by atoms with E-state index in [1.165, 1.54) is 6.07 Å². The quantitative estimate of drug-likeness (QED) is 0.429. The van der Waals surface area contributed by atoms with E-state index in [0.717, 1.165) is 49.0 Å². The lowest BCUT2D eigenvalue weighted by Crippen LogP contribution is -2.42. The van der Waals surface area contributed by atoms with Gasteiger partial charge < -0.3 is 14.9 Å². The van der Waals surface area contributed by atoms with E-state index in [4.69, 9.17) is 16.3 Å². The number of halogens is 3. The maximum Gasteiger partial charge on any atom is 0.160 e. The lowest BCUT2D eigenvalue weighted by Gasteiger charge is -2.40. The number of aromatic nitrogens is 1. The predicted molar refractivity (Wildman–Crippen MR) is 136 cm³/mol. The Morgan fingerprint density at radius 1 is 1.17 bits per heavy atom. The van der Waals surface area contributed by atoms with Crippen LogP contribution in [0, 0.1) is 28.9 Å². The molecule has 0 saturated carbocycles. The van der Waals surface area contributed by atoms with Gasteiger partial charge in [-0.3, -0.25) is 9.88 Å². The Labute approximate surface area is 214 Å². The monoisotopic (exact) mass is 514 g/mol. The van der Waals surface area contributed by atoms with E-state index in [2.05, 4.69) is 21.7 Å². The van der Waals surface area contributed by atoms with Gasteiger partial charge in [-0.2, -0.15) is 0 Å². The number of piperidine rings is 1. The van der Waals surface area contributed by atoms with Crippen LogP contribution in [0.3, 0.4) is 0 Å². The van der Waals surface area contributed by atoms with Crippen molar-refractivity contribution in [3.05, 3.63) is 70.4 Å². The molecule has 0 unspecified atom stereocenters. The zero-order valence-corrected chi connectivity index (χ0v) is 20.9. The molecule has 1 aliphatic rings. The maximum absolute atomic E-state index is 13.3. The van der Waals surface area contributed by atoms with Gasteiger partial charge in [0.2, 0.25) is 0 Å². The third-order valence-corrected chi connectivity index (χ3v) is 7.36. The van der Waals surface area contributed by atoms with Crippen LogP contribution in [0.2, 0.25) is 5.02 Å². The summed E-state index contributed by atoms with van der Waals surface area (Å²) in [4.78, 5) is 6.53. The summed E-state index contributed by atoms with van der Waals surface area (Å²) in [5.41, 5.74) is 1.49. The Morgan fingerprint density at radius 3 is 2.64 bits per heavy atom. The number of pyridine rings is 1. The van der Waals surface area contributed by atoms with Gasteiger partial charge in [-0.05, 0) is 80.6 Å². The van der Waals surface area contributed by atoms with Crippen LogP contribution < -0.4 is 4.74 Å². The number of aliphatic hydroxyl groups is 2. The fraction of sp³-hybridized carbons (Fsp3) is 0.393. The van der Waals surface area contributed by atoms with E-state index < -0.39 is 17.7 Å². The van der Waals surface area contributed by atoms with Gasteiger partial charge >= 0.3 is 0 Å². The number of ether oxygens (including phenoxy) is 1. The maximum atomic E-state index is 13.3. The number of likely N-dealkylation sites (tertiary alicyclic amines) is 1. The van der Waals surface area contributed by atoms with E-state index in [1.54, 1.807) is 13.3 Å². The van der Waals surface area contributed by atoms with Gasteiger partial charge in [0.1, 0.15) is 5.75 Å². The van der Waals surface area contributed by atoms with E-state index >= 15 is 0 Å². The zero-order valence-electron chi connectivity index (χ0n) is 20.1. The highest BCUT2D eigenvalue weighted by atomic mass is 35.5. The van der Waals surface area contributed by atoms with Crippen molar-refractivity contribution in [1.29, 1.82) is 0 Å². The van der Waals surface area contributed by atoms with Crippen molar-refractivity contribution in [3.8, 4) is 17.6 Å². The highest BCUT2D eigenvalue weighted by Crippen LogP contribution is 2.40. The highest BCUT2D eigenvalue weighted by molar-refractivity contribution is 6.32. The summed E-state index contributed by atoms with van der Waals surface area (Å²) in [6.07, 6.45) is 3.37.